The molecule has 0 spiro atoms. The molecule has 2 N–H and O–H groups in total. The molecular formula is C12H20BrN3O2. The smallest absolute Gasteiger partial charge is 0.410 e. The average molecular weight is 318 g/mol. The third kappa shape index (κ3) is 5.08. The van der Waals surface area contributed by atoms with E-state index < -0.39 is 5.60 Å². The van der Waals surface area contributed by atoms with Gasteiger partial charge >= 0.3 is 6.09 Å². The van der Waals surface area contributed by atoms with Gasteiger partial charge in [0.15, 0.2) is 0 Å². The fourth-order valence-electron chi connectivity index (χ4n) is 1.58. The summed E-state index contributed by atoms with van der Waals surface area (Å²) in [7, 11) is 0. The second-order valence-corrected chi connectivity index (χ2v) is 6.11. The average Bonchev–Trinajstić information content (AvgIpc) is 2.72. The number of aliphatic imine (C=N–C) groups is 1. The Balaban J connectivity index is 2.46. The minimum atomic E-state index is -0.455. The standard InChI is InChI=1S/C12H20BrN3O2/c1-12(2,3)18-11(17)16-5-4-10(8-16)15-7-9(13)6-14/h6-7,10H,4-5,8,14H2,1-3H3/b9-6+,15-7?. The molecule has 102 valence electrons. The van der Waals surface area contributed by atoms with Crippen LogP contribution in [0.15, 0.2) is 15.7 Å². The summed E-state index contributed by atoms with van der Waals surface area (Å²) in [5, 5.41) is 0. The molecule has 1 rings (SSSR count). The molecule has 1 amide bonds. The molecule has 1 aliphatic rings. The summed E-state index contributed by atoms with van der Waals surface area (Å²) < 4.78 is 6.05. The summed E-state index contributed by atoms with van der Waals surface area (Å²) in [6.45, 7) is 6.86. The minimum Gasteiger partial charge on any atom is -0.444 e. The summed E-state index contributed by atoms with van der Waals surface area (Å²) in [5.74, 6) is 0. The van der Waals surface area contributed by atoms with Crippen molar-refractivity contribution in [2.45, 2.75) is 38.8 Å². The summed E-state index contributed by atoms with van der Waals surface area (Å²) in [6, 6.07) is 0.116. The Morgan fingerprint density at radius 3 is 2.78 bits per heavy atom. The van der Waals surface area contributed by atoms with Crippen LogP contribution in [0.1, 0.15) is 27.2 Å². The fourth-order valence-corrected chi connectivity index (χ4v) is 1.69. The van der Waals surface area contributed by atoms with E-state index in [2.05, 4.69) is 20.9 Å². The molecule has 5 nitrogen and oxygen atoms in total. The normalized spacial score (nSPS) is 21.7. The highest BCUT2D eigenvalue weighted by atomic mass is 79.9. The molecule has 1 fully saturated rings. The molecule has 0 aromatic heterocycles. The Bertz CT molecular complexity index is 361. The van der Waals surface area contributed by atoms with Gasteiger partial charge in [-0.25, -0.2) is 4.79 Å². The zero-order valence-electron chi connectivity index (χ0n) is 11.0. The fraction of sp³-hybridized carbons (Fsp3) is 0.667. The van der Waals surface area contributed by atoms with Crippen LogP contribution >= 0.6 is 15.9 Å². The highest BCUT2D eigenvalue weighted by Gasteiger charge is 2.29. The number of hydrogen-bond donors (Lipinski definition) is 1. The summed E-state index contributed by atoms with van der Waals surface area (Å²) >= 11 is 3.25. The van der Waals surface area contributed by atoms with Crippen LogP contribution in [0.4, 0.5) is 4.79 Å². The Kier molecular flexibility index (Phi) is 5.19. The van der Waals surface area contributed by atoms with Crippen LogP contribution < -0.4 is 5.73 Å². The first-order chi connectivity index (χ1) is 8.31. The maximum absolute atomic E-state index is 11.8. The second kappa shape index (κ2) is 6.22. The molecule has 0 saturated carbocycles. The molecule has 1 heterocycles. The van der Waals surface area contributed by atoms with Gasteiger partial charge in [0, 0.05) is 25.5 Å². The minimum absolute atomic E-state index is 0.116. The Labute approximate surface area is 116 Å². The van der Waals surface area contributed by atoms with Crippen LogP contribution in [0.5, 0.6) is 0 Å². The van der Waals surface area contributed by atoms with Crippen molar-refractivity contribution in [2.75, 3.05) is 13.1 Å². The summed E-state index contributed by atoms with van der Waals surface area (Å²) in [6.07, 6.45) is 3.68. The SMILES string of the molecule is CC(C)(C)OC(=O)N1CCC(N=C/C(Br)=C\N)C1. The zero-order chi connectivity index (χ0) is 13.8. The Morgan fingerprint density at radius 2 is 2.22 bits per heavy atom. The van der Waals surface area contributed by atoms with Gasteiger partial charge in [-0.1, -0.05) is 0 Å². The van der Waals surface area contributed by atoms with Crippen molar-refractivity contribution >= 4 is 28.2 Å². The van der Waals surface area contributed by atoms with Crippen LogP contribution in [0.25, 0.3) is 0 Å². The highest BCUT2D eigenvalue weighted by molar-refractivity contribution is 9.12. The molecule has 6 heteroatoms. The number of carbonyl (C=O) groups excluding carboxylic acids is 1. The van der Waals surface area contributed by atoms with Crippen molar-refractivity contribution in [3.8, 4) is 0 Å². The van der Waals surface area contributed by atoms with Crippen LogP contribution in [0.3, 0.4) is 0 Å². The first-order valence-corrected chi connectivity index (χ1v) is 6.69. The molecule has 1 atom stereocenters. The largest absolute Gasteiger partial charge is 0.444 e. The topological polar surface area (TPSA) is 67.9 Å². The van der Waals surface area contributed by atoms with Gasteiger partial charge in [0.25, 0.3) is 0 Å². The van der Waals surface area contributed by atoms with E-state index in [4.69, 9.17) is 10.5 Å². The van der Waals surface area contributed by atoms with Crippen LogP contribution in [0.2, 0.25) is 0 Å². The number of rotatable bonds is 2. The van der Waals surface area contributed by atoms with E-state index in [1.54, 1.807) is 11.1 Å². The predicted molar refractivity (Wildman–Crippen MR) is 75.9 cm³/mol. The van der Waals surface area contributed by atoms with Crippen molar-refractivity contribution in [3.63, 3.8) is 0 Å². The molecule has 1 unspecified atom stereocenters. The zero-order valence-corrected chi connectivity index (χ0v) is 12.6. The van der Waals surface area contributed by atoms with Gasteiger partial charge < -0.3 is 15.4 Å². The summed E-state index contributed by atoms with van der Waals surface area (Å²) in [4.78, 5) is 17.9. The lowest BCUT2D eigenvalue weighted by atomic mass is 10.2. The Hall–Kier alpha value is -1.04. The number of allylic oxidation sites excluding steroid dienone is 1. The lowest BCUT2D eigenvalue weighted by molar-refractivity contribution is 0.0293. The van der Waals surface area contributed by atoms with E-state index in [0.717, 1.165) is 10.9 Å². The number of nitrogens with zero attached hydrogens (tertiary/aromatic N) is 2. The van der Waals surface area contributed by atoms with Crippen molar-refractivity contribution in [1.29, 1.82) is 0 Å². The molecule has 0 bridgehead atoms. The number of halogens is 1. The first-order valence-electron chi connectivity index (χ1n) is 5.90. The number of ether oxygens (including phenoxy) is 1. The van der Waals surface area contributed by atoms with Crippen molar-refractivity contribution in [3.05, 3.63) is 10.7 Å². The van der Waals surface area contributed by atoms with E-state index >= 15 is 0 Å². The lowest BCUT2D eigenvalue weighted by Gasteiger charge is -2.24. The van der Waals surface area contributed by atoms with Gasteiger partial charge in [-0.05, 0) is 43.1 Å². The monoisotopic (exact) mass is 317 g/mol. The van der Waals surface area contributed by atoms with Crippen molar-refractivity contribution in [2.24, 2.45) is 10.7 Å². The maximum atomic E-state index is 11.8. The first kappa shape index (κ1) is 15.0. The van der Waals surface area contributed by atoms with Gasteiger partial charge in [-0.2, -0.15) is 0 Å². The van der Waals surface area contributed by atoms with Gasteiger partial charge in [-0.15, -0.1) is 0 Å². The van der Waals surface area contributed by atoms with E-state index in [9.17, 15) is 4.79 Å². The molecule has 1 saturated heterocycles. The van der Waals surface area contributed by atoms with Gasteiger partial charge in [0.1, 0.15) is 5.60 Å². The lowest BCUT2D eigenvalue weighted by Crippen LogP contribution is -2.35. The highest BCUT2D eigenvalue weighted by Crippen LogP contribution is 2.17. The molecule has 1 aliphatic heterocycles. The van der Waals surface area contributed by atoms with Crippen molar-refractivity contribution in [1.82, 2.24) is 4.90 Å². The number of carbonyl (C=O) groups is 1. The maximum Gasteiger partial charge on any atom is 0.410 e. The molecule has 0 aromatic rings. The second-order valence-electron chi connectivity index (χ2n) is 5.20. The number of likely N-dealkylation sites (tertiary alicyclic amines) is 1. The van der Waals surface area contributed by atoms with E-state index in [1.807, 2.05) is 20.8 Å². The van der Waals surface area contributed by atoms with E-state index in [1.165, 1.54) is 6.20 Å². The molecule has 18 heavy (non-hydrogen) atoms. The molecular weight excluding hydrogens is 298 g/mol. The third-order valence-electron chi connectivity index (χ3n) is 2.38. The Morgan fingerprint density at radius 1 is 1.56 bits per heavy atom. The van der Waals surface area contributed by atoms with Crippen LogP contribution in [0, 0.1) is 0 Å². The third-order valence-corrected chi connectivity index (χ3v) is 2.85. The van der Waals surface area contributed by atoms with Crippen LogP contribution in [-0.2, 0) is 4.74 Å². The van der Waals surface area contributed by atoms with E-state index in [0.29, 0.717) is 13.1 Å². The van der Waals surface area contributed by atoms with Gasteiger partial charge in [0.05, 0.1) is 10.5 Å². The van der Waals surface area contributed by atoms with Gasteiger partial charge in [-0.3, -0.25) is 4.99 Å². The number of amides is 1. The number of hydrogen-bond acceptors (Lipinski definition) is 4. The molecule has 0 aliphatic carbocycles. The van der Waals surface area contributed by atoms with Crippen LogP contribution in [-0.4, -0.2) is 41.9 Å². The number of nitrogens with two attached hydrogens (primary N) is 1. The van der Waals surface area contributed by atoms with Gasteiger partial charge in [0.2, 0.25) is 0 Å². The summed E-state index contributed by atoms with van der Waals surface area (Å²) in [5.41, 5.74) is 4.86. The molecule has 0 aromatic carbocycles. The van der Waals surface area contributed by atoms with Crippen molar-refractivity contribution < 1.29 is 9.53 Å². The quantitative estimate of drug-likeness (QED) is 0.794. The van der Waals surface area contributed by atoms with E-state index in [-0.39, 0.29) is 12.1 Å². The predicted octanol–water partition coefficient (Wildman–Crippen LogP) is 2.26. The molecule has 0 radical (unpaired) electrons.